The second-order valence-corrected chi connectivity index (χ2v) is 13.7. The van der Waals surface area contributed by atoms with Crippen molar-refractivity contribution >= 4 is 51.4 Å². The summed E-state index contributed by atoms with van der Waals surface area (Å²) < 4.78 is 44.0. The Morgan fingerprint density at radius 1 is 0.667 bits per heavy atom. The Bertz CT molecular complexity index is 2530. The maximum atomic E-state index is 13.4. The molecule has 0 radical (unpaired) electrons. The zero-order chi connectivity index (χ0) is 45.3. The molecule has 3 unspecified atom stereocenters. The second-order valence-electron chi connectivity index (χ2n) is 12.7. The molecular formula is C46H38N2O14S. The van der Waals surface area contributed by atoms with Gasteiger partial charge in [0.2, 0.25) is 6.29 Å². The summed E-state index contributed by atoms with van der Waals surface area (Å²) in [6, 6.07) is 23.9. The van der Waals surface area contributed by atoms with E-state index in [1.54, 1.807) is 48.5 Å². The lowest BCUT2D eigenvalue weighted by molar-refractivity contribution is -0.154. The number of hydrogen-bond acceptors (Lipinski definition) is 17. The molecule has 0 bridgehead atoms. The number of carbonyl (C=O) groups is 5. The Morgan fingerprint density at radius 3 is 1.68 bits per heavy atom. The molecule has 1 N–H and O–H groups in total. The van der Waals surface area contributed by atoms with Gasteiger partial charge >= 0.3 is 29.8 Å². The van der Waals surface area contributed by atoms with E-state index >= 15 is 0 Å². The van der Waals surface area contributed by atoms with Crippen molar-refractivity contribution in [2.45, 2.75) is 18.5 Å². The molecule has 17 heteroatoms. The van der Waals surface area contributed by atoms with Gasteiger partial charge in [0.05, 0.1) is 17.2 Å². The standard InChI is InChI=1S/C46H38N2O14S/c1-5-38(49)57-26-34(59-40(51)7-3)24-55-32-17-13-30(14-18-32)45(53)61-36-21-22-37(43-42(36)48-44(63-43)29-11-9-28(23-47)10-12-29)62-46(54)31-15-19-33(20-16-31)56-25-35(60-41(52)8-4)27-58-39(50)6-2/h5-22,34-35,46,54H,1-4,24-27H2. The van der Waals surface area contributed by atoms with Crippen molar-refractivity contribution in [2.24, 2.45) is 0 Å². The number of aliphatic hydroxyl groups is 1. The average Bonchev–Trinajstić information content (AvgIpc) is 3.78. The van der Waals surface area contributed by atoms with Crippen LogP contribution in [0.5, 0.6) is 23.0 Å². The van der Waals surface area contributed by atoms with Crippen molar-refractivity contribution in [3.63, 3.8) is 0 Å². The summed E-state index contributed by atoms with van der Waals surface area (Å²) in [7, 11) is 0. The van der Waals surface area contributed by atoms with Crippen LogP contribution in [0.2, 0.25) is 0 Å². The first-order chi connectivity index (χ1) is 30.4. The van der Waals surface area contributed by atoms with Gasteiger partial charge in [0.1, 0.15) is 58.9 Å². The fourth-order valence-corrected chi connectivity index (χ4v) is 6.26. The van der Waals surface area contributed by atoms with Gasteiger partial charge in [0, 0.05) is 35.4 Å². The van der Waals surface area contributed by atoms with Gasteiger partial charge in [0.15, 0.2) is 18.0 Å². The van der Waals surface area contributed by atoms with E-state index < -0.39 is 48.3 Å². The Labute approximate surface area is 364 Å². The molecule has 0 saturated carbocycles. The molecule has 0 saturated heterocycles. The fraction of sp³-hybridized carbons (Fsp3) is 0.152. The molecule has 3 atom stereocenters. The van der Waals surface area contributed by atoms with Crippen LogP contribution in [0.15, 0.2) is 136 Å². The largest absolute Gasteiger partial charge is 0.490 e. The van der Waals surface area contributed by atoms with Crippen LogP contribution >= 0.6 is 11.3 Å². The van der Waals surface area contributed by atoms with Crippen LogP contribution in [0, 0.1) is 11.3 Å². The maximum absolute atomic E-state index is 13.4. The van der Waals surface area contributed by atoms with E-state index in [1.807, 2.05) is 0 Å². The van der Waals surface area contributed by atoms with Gasteiger partial charge in [-0.2, -0.15) is 5.26 Å². The Morgan fingerprint density at radius 2 is 1.17 bits per heavy atom. The van der Waals surface area contributed by atoms with E-state index in [4.69, 9.17) is 42.9 Å². The molecule has 63 heavy (non-hydrogen) atoms. The van der Waals surface area contributed by atoms with E-state index in [1.165, 1.54) is 47.7 Å². The molecular weight excluding hydrogens is 837 g/mol. The first-order valence-corrected chi connectivity index (χ1v) is 19.5. The lowest BCUT2D eigenvalue weighted by Gasteiger charge is -2.18. The first-order valence-electron chi connectivity index (χ1n) is 18.6. The first kappa shape index (κ1) is 46.0. The number of aromatic nitrogens is 1. The number of rotatable bonds is 22. The monoisotopic (exact) mass is 874 g/mol. The van der Waals surface area contributed by atoms with Crippen LogP contribution in [-0.4, -0.2) is 78.6 Å². The highest BCUT2D eigenvalue weighted by Crippen LogP contribution is 2.42. The lowest BCUT2D eigenvalue weighted by atomic mass is 10.1. The van der Waals surface area contributed by atoms with Gasteiger partial charge < -0.3 is 43.0 Å². The predicted molar refractivity (Wildman–Crippen MR) is 227 cm³/mol. The van der Waals surface area contributed by atoms with E-state index in [0.717, 1.165) is 24.3 Å². The topological polar surface area (TPSA) is 216 Å². The molecule has 0 spiro atoms. The zero-order valence-corrected chi connectivity index (χ0v) is 34.2. The summed E-state index contributed by atoms with van der Waals surface area (Å²) in [4.78, 5) is 64.7. The quantitative estimate of drug-likeness (QED) is 0.0257. The average molecular weight is 875 g/mol. The van der Waals surface area contributed by atoms with Crippen LogP contribution in [0.3, 0.4) is 0 Å². The molecule has 0 fully saturated rings. The second kappa shape index (κ2) is 22.5. The highest BCUT2D eigenvalue weighted by Gasteiger charge is 2.22. The molecule has 5 aromatic rings. The molecule has 16 nitrogen and oxygen atoms in total. The van der Waals surface area contributed by atoms with Gasteiger partial charge in [-0.25, -0.2) is 29.0 Å². The lowest BCUT2D eigenvalue weighted by Crippen LogP contribution is -2.30. The highest BCUT2D eigenvalue weighted by molar-refractivity contribution is 7.22. The van der Waals surface area contributed by atoms with E-state index in [2.05, 4.69) is 32.4 Å². The summed E-state index contributed by atoms with van der Waals surface area (Å²) in [5, 5.41) is 21.0. The number of carbonyl (C=O) groups excluding carboxylic acids is 5. The van der Waals surface area contributed by atoms with Crippen LogP contribution in [0.25, 0.3) is 20.8 Å². The van der Waals surface area contributed by atoms with Gasteiger partial charge in [-0.3, -0.25) is 0 Å². The minimum absolute atomic E-state index is 0.0899. The number of fused-ring (bicyclic) bond motifs is 1. The summed E-state index contributed by atoms with van der Waals surface area (Å²) in [5.74, 6) is -2.66. The van der Waals surface area contributed by atoms with Crippen molar-refractivity contribution in [3.8, 4) is 39.6 Å². The SMILES string of the molecule is C=CC(=O)OCC(COc1ccc(C(=O)Oc2ccc(OC(O)c3ccc(OCC(COC(=O)C=C)OC(=O)C=C)cc3)c3sc(-c4ccc(C#N)cc4)nc23)cc1)OC(=O)C=C. The third-order valence-corrected chi connectivity index (χ3v) is 9.47. The summed E-state index contributed by atoms with van der Waals surface area (Å²) >= 11 is 1.20. The van der Waals surface area contributed by atoms with E-state index in [-0.39, 0.29) is 49.0 Å². The minimum Gasteiger partial charge on any atom is -0.490 e. The van der Waals surface area contributed by atoms with Crippen molar-refractivity contribution in [1.82, 2.24) is 4.98 Å². The number of ether oxygens (including phenoxy) is 8. The number of nitrogens with zero attached hydrogens (tertiary/aromatic N) is 2. The molecule has 0 aliphatic rings. The summed E-state index contributed by atoms with van der Waals surface area (Å²) in [5.41, 5.74) is 1.87. The van der Waals surface area contributed by atoms with E-state index in [0.29, 0.717) is 37.9 Å². The fourth-order valence-electron chi connectivity index (χ4n) is 5.21. The smallest absolute Gasteiger partial charge is 0.343 e. The van der Waals surface area contributed by atoms with Crippen LogP contribution in [0.4, 0.5) is 0 Å². The van der Waals surface area contributed by atoms with Crippen molar-refractivity contribution in [1.29, 1.82) is 5.26 Å². The Balaban J connectivity index is 1.31. The summed E-state index contributed by atoms with van der Waals surface area (Å²) in [6.45, 7) is 12.4. The van der Waals surface area contributed by atoms with Gasteiger partial charge in [-0.1, -0.05) is 38.4 Å². The molecule has 1 heterocycles. The van der Waals surface area contributed by atoms with E-state index in [9.17, 15) is 34.3 Å². The Hall–Kier alpha value is -8.07. The van der Waals surface area contributed by atoms with Gasteiger partial charge in [-0.05, 0) is 72.8 Å². The number of hydrogen-bond donors (Lipinski definition) is 1. The highest BCUT2D eigenvalue weighted by atomic mass is 32.1. The summed E-state index contributed by atoms with van der Waals surface area (Å²) in [6.07, 6.45) is 0.474. The third kappa shape index (κ3) is 13.2. The molecule has 0 amide bonds. The predicted octanol–water partition coefficient (Wildman–Crippen LogP) is 6.54. The maximum Gasteiger partial charge on any atom is 0.343 e. The minimum atomic E-state index is -1.48. The number of nitriles is 1. The van der Waals surface area contributed by atoms with Gasteiger partial charge in [-0.15, -0.1) is 11.3 Å². The number of esters is 5. The zero-order valence-electron chi connectivity index (χ0n) is 33.3. The number of benzene rings is 4. The van der Waals surface area contributed by atoms with Crippen LogP contribution in [0.1, 0.15) is 27.8 Å². The normalized spacial score (nSPS) is 11.9. The van der Waals surface area contributed by atoms with Crippen LogP contribution in [-0.2, 0) is 38.1 Å². The molecule has 0 aliphatic heterocycles. The van der Waals surface area contributed by atoms with Crippen molar-refractivity contribution < 1.29 is 67.0 Å². The molecule has 1 aromatic heterocycles. The molecule has 0 aliphatic carbocycles. The Kier molecular flexibility index (Phi) is 16.4. The molecule has 5 rings (SSSR count). The third-order valence-electron chi connectivity index (χ3n) is 8.35. The molecule has 322 valence electrons. The number of thiazole rings is 1. The van der Waals surface area contributed by atoms with Crippen LogP contribution < -0.4 is 18.9 Å². The van der Waals surface area contributed by atoms with Gasteiger partial charge in [0.25, 0.3) is 0 Å². The van der Waals surface area contributed by atoms with Crippen molar-refractivity contribution in [3.05, 3.63) is 152 Å². The number of aliphatic hydroxyl groups excluding tert-OH is 1. The molecule has 4 aromatic carbocycles. The van der Waals surface area contributed by atoms with Crippen molar-refractivity contribution in [2.75, 3.05) is 26.4 Å².